The summed E-state index contributed by atoms with van der Waals surface area (Å²) in [4.78, 5) is 27.1. The van der Waals surface area contributed by atoms with Crippen molar-refractivity contribution in [2.45, 2.75) is 13.8 Å². The van der Waals surface area contributed by atoms with E-state index in [9.17, 15) is 9.59 Å². The van der Waals surface area contributed by atoms with Crippen molar-refractivity contribution in [3.8, 4) is 0 Å². The van der Waals surface area contributed by atoms with Crippen molar-refractivity contribution < 1.29 is 18.4 Å². The molecule has 0 aliphatic heterocycles. The molecule has 0 N–H and O–H groups in total. The van der Waals surface area contributed by atoms with Gasteiger partial charge < -0.3 is 13.6 Å². The zero-order chi connectivity index (χ0) is 14.3. The van der Waals surface area contributed by atoms with Crippen LogP contribution in [0, 0.1) is 6.92 Å². The lowest BCUT2D eigenvalue weighted by Gasteiger charge is -1.99. The number of esters is 1. The van der Waals surface area contributed by atoms with Gasteiger partial charge in [-0.15, -0.1) is 0 Å². The first-order valence-corrected chi connectivity index (χ1v) is 6.11. The molecule has 0 aliphatic carbocycles. The van der Waals surface area contributed by atoms with E-state index in [-0.39, 0.29) is 23.7 Å². The molecule has 0 unspecified atom stereocenters. The molecule has 0 bridgehead atoms. The summed E-state index contributed by atoms with van der Waals surface area (Å²) in [5.74, 6) is -0.801. The number of fused-ring (bicyclic) bond motifs is 3. The van der Waals surface area contributed by atoms with Gasteiger partial charge in [-0.2, -0.15) is 0 Å². The van der Waals surface area contributed by atoms with Crippen LogP contribution in [0.1, 0.15) is 23.2 Å². The number of aromatic nitrogens is 1. The van der Waals surface area contributed by atoms with Gasteiger partial charge in [-0.25, -0.2) is 14.6 Å². The molecule has 0 radical (unpaired) electrons. The van der Waals surface area contributed by atoms with E-state index in [1.54, 1.807) is 26.0 Å². The molecule has 0 amide bonds. The number of benzene rings is 1. The summed E-state index contributed by atoms with van der Waals surface area (Å²) < 4.78 is 15.4. The molecule has 0 atom stereocenters. The maximum absolute atomic E-state index is 11.6. The van der Waals surface area contributed by atoms with E-state index in [4.69, 9.17) is 13.6 Å². The first-order chi connectivity index (χ1) is 9.60. The molecule has 6 heteroatoms. The number of hydrogen-bond donors (Lipinski definition) is 0. The van der Waals surface area contributed by atoms with Crippen LogP contribution < -0.4 is 5.63 Å². The maximum atomic E-state index is 11.6. The Morgan fingerprint density at radius 3 is 2.85 bits per heavy atom. The third kappa shape index (κ3) is 1.85. The van der Waals surface area contributed by atoms with Crippen LogP contribution >= 0.6 is 0 Å². The van der Waals surface area contributed by atoms with E-state index in [0.29, 0.717) is 5.52 Å². The molecule has 0 fully saturated rings. The second kappa shape index (κ2) is 4.48. The van der Waals surface area contributed by atoms with Gasteiger partial charge in [0.1, 0.15) is 5.52 Å². The van der Waals surface area contributed by atoms with Crippen molar-refractivity contribution in [1.29, 1.82) is 0 Å². The van der Waals surface area contributed by atoms with Gasteiger partial charge in [0, 0.05) is 11.5 Å². The average molecular weight is 273 g/mol. The number of oxazole rings is 1. The summed E-state index contributed by atoms with van der Waals surface area (Å²) in [6.07, 6.45) is 0. The molecular weight excluding hydrogens is 262 g/mol. The fourth-order valence-corrected chi connectivity index (χ4v) is 2.04. The molecule has 3 rings (SSSR count). The van der Waals surface area contributed by atoms with E-state index in [2.05, 4.69) is 4.98 Å². The van der Waals surface area contributed by atoms with Crippen molar-refractivity contribution in [2.75, 3.05) is 6.61 Å². The van der Waals surface area contributed by atoms with Crippen LogP contribution in [-0.2, 0) is 4.74 Å². The highest BCUT2D eigenvalue weighted by Crippen LogP contribution is 2.27. The molecule has 2 aromatic heterocycles. The average Bonchev–Trinajstić information content (AvgIpc) is 2.83. The monoisotopic (exact) mass is 273 g/mol. The third-order valence-electron chi connectivity index (χ3n) is 2.92. The fraction of sp³-hybridized carbons (Fsp3) is 0.214. The Labute approximate surface area is 113 Å². The van der Waals surface area contributed by atoms with Crippen LogP contribution in [0.3, 0.4) is 0 Å². The molecule has 3 aromatic rings. The Balaban J connectivity index is 2.31. The normalized spacial score (nSPS) is 11.1. The van der Waals surface area contributed by atoms with Gasteiger partial charge in [0.05, 0.1) is 6.61 Å². The van der Waals surface area contributed by atoms with Crippen molar-refractivity contribution in [3.63, 3.8) is 0 Å². The van der Waals surface area contributed by atoms with Crippen LogP contribution in [0.15, 0.2) is 31.8 Å². The van der Waals surface area contributed by atoms with Gasteiger partial charge in [0.15, 0.2) is 11.2 Å². The highest BCUT2D eigenvalue weighted by atomic mass is 16.5. The van der Waals surface area contributed by atoms with Crippen molar-refractivity contribution >= 4 is 28.0 Å². The maximum Gasteiger partial charge on any atom is 0.394 e. The lowest BCUT2D eigenvalue weighted by molar-refractivity contribution is 0.0483. The van der Waals surface area contributed by atoms with Gasteiger partial charge in [-0.3, -0.25) is 0 Å². The van der Waals surface area contributed by atoms with Gasteiger partial charge in [0.2, 0.25) is 0 Å². The minimum atomic E-state index is -0.646. The number of ether oxygens (including phenoxy) is 1. The standard InChI is InChI=1S/C14H11NO5/c1-3-18-14(17)13-15-9-5-4-8-7(2)6-10(16)19-11(8)12(9)20-13/h4-6H,3H2,1-2H3. The fourth-order valence-electron chi connectivity index (χ4n) is 2.04. The van der Waals surface area contributed by atoms with Gasteiger partial charge >= 0.3 is 17.5 Å². The van der Waals surface area contributed by atoms with Crippen LogP contribution in [0.2, 0.25) is 0 Å². The zero-order valence-corrected chi connectivity index (χ0v) is 10.9. The predicted molar refractivity (Wildman–Crippen MR) is 70.7 cm³/mol. The SMILES string of the molecule is CCOC(=O)c1nc2ccc3c(C)cc(=O)oc3c2o1. The number of carbonyl (C=O) groups is 1. The summed E-state index contributed by atoms with van der Waals surface area (Å²) in [5, 5.41) is 0.739. The highest BCUT2D eigenvalue weighted by Gasteiger charge is 2.18. The van der Waals surface area contributed by atoms with Crippen molar-refractivity contribution in [3.05, 3.63) is 40.1 Å². The smallest absolute Gasteiger partial charge is 0.394 e. The summed E-state index contributed by atoms with van der Waals surface area (Å²) in [5.41, 5.74) is 1.29. The number of hydrogen-bond acceptors (Lipinski definition) is 6. The van der Waals surface area contributed by atoms with Crippen LogP contribution in [0.5, 0.6) is 0 Å². The topological polar surface area (TPSA) is 82.5 Å². The van der Waals surface area contributed by atoms with Gasteiger partial charge in [-0.05, 0) is 31.5 Å². The predicted octanol–water partition coefficient (Wildman–Crippen LogP) is 2.42. The van der Waals surface area contributed by atoms with Crippen LogP contribution in [0.25, 0.3) is 22.1 Å². The second-order valence-electron chi connectivity index (χ2n) is 4.28. The lowest BCUT2D eigenvalue weighted by Crippen LogP contribution is -2.04. The van der Waals surface area contributed by atoms with E-state index in [1.807, 2.05) is 0 Å². The Hall–Kier alpha value is -2.63. The molecular formula is C14H11NO5. The van der Waals surface area contributed by atoms with E-state index >= 15 is 0 Å². The molecule has 102 valence electrons. The number of aryl methyl sites for hydroxylation is 1. The van der Waals surface area contributed by atoms with Crippen LogP contribution in [-0.4, -0.2) is 17.6 Å². The first-order valence-electron chi connectivity index (χ1n) is 6.11. The summed E-state index contributed by atoms with van der Waals surface area (Å²) in [6, 6.07) is 4.88. The highest BCUT2D eigenvalue weighted by molar-refractivity contribution is 6.01. The molecule has 0 aliphatic rings. The van der Waals surface area contributed by atoms with E-state index in [1.165, 1.54) is 6.07 Å². The molecule has 0 saturated carbocycles. The molecule has 0 spiro atoms. The molecule has 20 heavy (non-hydrogen) atoms. The van der Waals surface area contributed by atoms with E-state index < -0.39 is 11.6 Å². The van der Waals surface area contributed by atoms with Gasteiger partial charge in [-0.1, -0.05) is 0 Å². The molecule has 1 aromatic carbocycles. The van der Waals surface area contributed by atoms with Gasteiger partial charge in [0.25, 0.3) is 0 Å². The Morgan fingerprint density at radius 1 is 1.30 bits per heavy atom. The molecule has 0 saturated heterocycles. The number of carbonyl (C=O) groups excluding carboxylic acids is 1. The Kier molecular flexibility index (Phi) is 2.78. The Bertz CT molecular complexity index is 874. The minimum Gasteiger partial charge on any atom is -0.459 e. The summed E-state index contributed by atoms with van der Waals surface area (Å²) >= 11 is 0. The summed E-state index contributed by atoms with van der Waals surface area (Å²) in [7, 11) is 0. The molecule has 2 heterocycles. The first kappa shape index (κ1) is 12.4. The number of rotatable bonds is 2. The quantitative estimate of drug-likeness (QED) is 0.526. The van der Waals surface area contributed by atoms with E-state index in [0.717, 1.165) is 10.9 Å². The van der Waals surface area contributed by atoms with Crippen molar-refractivity contribution in [1.82, 2.24) is 4.98 Å². The summed E-state index contributed by atoms with van der Waals surface area (Å²) in [6.45, 7) is 3.72. The zero-order valence-electron chi connectivity index (χ0n) is 10.9. The lowest BCUT2D eigenvalue weighted by atomic mass is 10.1. The van der Waals surface area contributed by atoms with Crippen molar-refractivity contribution in [2.24, 2.45) is 0 Å². The minimum absolute atomic E-state index is 0.154. The third-order valence-corrected chi connectivity index (χ3v) is 2.92. The number of nitrogens with zero attached hydrogens (tertiary/aromatic N) is 1. The Morgan fingerprint density at radius 2 is 2.10 bits per heavy atom. The second-order valence-corrected chi connectivity index (χ2v) is 4.28. The molecule has 6 nitrogen and oxygen atoms in total. The van der Waals surface area contributed by atoms with Crippen LogP contribution in [0.4, 0.5) is 0 Å². The largest absolute Gasteiger partial charge is 0.459 e.